The number of hydrogen-bond acceptors (Lipinski definition) is 3. The fourth-order valence-electron chi connectivity index (χ4n) is 1.46. The molecule has 1 aromatic carbocycles. The SMILES string of the molecule is CC1(C)COc2ccc(C(=O)O)cc2OC1. The molecule has 0 aromatic heterocycles. The van der Waals surface area contributed by atoms with Gasteiger partial charge in [-0.15, -0.1) is 0 Å². The van der Waals surface area contributed by atoms with Crippen molar-refractivity contribution < 1.29 is 19.4 Å². The van der Waals surface area contributed by atoms with E-state index in [1.807, 2.05) is 13.8 Å². The van der Waals surface area contributed by atoms with Gasteiger partial charge in [0.05, 0.1) is 18.8 Å². The molecule has 0 aliphatic carbocycles. The van der Waals surface area contributed by atoms with Crippen molar-refractivity contribution in [2.75, 3.05) is 13.2 Å². The normalized spacial score (nSPS) is 17.6. The highest BCUT2D eigenvalue weighted by Crippen LogP contribution is 2.34. The summed E-state index contributed by atoms with van der Waals surface area (Å²) in [6.07, 6.45) is 0. The van der Waals surface area contributed by atoms with Gasteiger partial charge in [0.1, 0.15) is 0 Å². The van der Waals surface area contributed by atoms with Crippen molar-refractivity contribution in [1.82, 2.24) is 0 Å². The van der Waals surface area contributed by atoms with Crippen molar-refractivity contribution in [2.45, 2.75) is 13.8 Å². The Balaban J connectivity index is 2.32. The number of ether oxygens (including phenoxy) is 2. The molecule has 0 saturated carbocycles. The smallest absolute Gasteiger partial charge is 0.335 e. The summed E-state index contributed by atoms with van der Waals surface area (Å²) >= 11 is 0. The maximum atomic E-state index is 10.8. The zero-order valence-corrected chi connectivity index (χ0v) is 9.32. The molecular formula is C12H14O4. The van der Waals surface area contributed by atoms with Crippen LogP contribution in [0.25, 0.3) is 0 Å². The van der Waals surface area contributed by atoms with Crippen LogP contribution >= 0.6 is 0 Å². The standard InChI is InChI=1S/C12H14O4/c1-12(2)6-15-9-4-3-8(11(13)14)5-10(9)16-7-12/h3-5H,6-7H2,1-2H3,(H,13,14). The maximum absolute atomic E-state index is 10.8. The van der Waals surface area contributed by atoms with Crippen LogP contribution in [0.1, 0.15) is 24.2 Å². The highest BCUT2D eigenvalue weighted by molar-refractivity contribution is 5.88. The maximum Gasteiger partial charge on any atom is 0.335 e. The molecule has 1 aromatic rings. The molecule has 0 amide bonds. The summed E-state index contributed by atoms with van der Waals surface area (Å²) < 4.78 is 11.1. The van der Waals surface area contributed by atoms with E-state index < -0.39 is 5.97 Å². The van der Waals surface area contributed by atoms with Crippen molar-refractivity contribution in [3.8, 4) is 11.5 Å². The van der Waals surface area contributed by atoms with Crippen molar-refractivity contribution in [2.24, 2.45) is 5.41 Å². The van der Waals surface area contributed by atoms with Gasteiger partial charge in [0.15, 0.2) is 11.5 Å². The number of aromatic carboxylic acids is 1. The molecule has 1 aliphatic rings. The largest absolute Gasteiger partial charge is 0.489 e. The van der Waals surface area contributed by atoms with Crippen LogP contribution in [0.2, 0.25) is 0 Å². The van der Waals surface area contributed by atoms with Gasteiger partial charge in [-0.3, -0.25) is 0 Å². The average molecular weight is 222 g/mol. The zero-order valence-electron chi connectivity index (χ0n) is 9.32. The second-order valence-electron chi connectivity index (χ2n) is 4.71. The molecule has 4 heteroatoms. The Morgan fingerprint density at radius 2 is 1.88 bits per heavy atom. The first kappa shape index (κ1) is 10.8. The van der Waals surface area contributed by atoms with E-state index in [1.54, 1.807) is 6.07 Å². The molecule has 2 rings (SSSR count). The Morgan fingerprint density at radius 3 is 2.50 bits per heavy atom. The minimum absolute atomic E-state index is 0.0671. The molecule has 86 valence electrons. The van der Waals surface area contributed by atoms with Crippen LogP contribution in [0.15, 0.2) is 18.2 Å². The molecule has 0 saturated heterocycles. The Morgan fingerprint density at radius 1 is 1.25 bits per heavy atom. The molecule has 0 atom stereocenters. The summed E-state index contributed by atoms with van der Waals surface area (Å²) in [6.45, 7) is 5.16. The lowest BCUT2D eigenvalue weighted by Gasteiger charge is -2.19. The third kappa shape index (κ3) is 2.10. The van der Waals surface area contributed by atoms with E-state index in [2.05, 4.69) is 0 Å². The van der Waals surface area contributed by atoms with Crippen molar-refractivity contribution >= 4 is 5.97 Å². The molecule has 0 radical (unpaired) electrons. The van der Waals surface area contributed by atoms with E-state index in [9.17, 15) is 4.79 Å². The fraction of sp³-hybridized carbons (Fsp3) is 0.417. The Hall–Kier alpha value is -1.71. The summed E-state index contributed by atoms with van der Waals surface area (Å²) in [5, 5.41) is 8.86. The Bertz CT molecular complexity index is 423. The number of benzene rings is 1. The summed E-state index contributed by atoms with van der Waals surface area (Å²) in [4.78, 5) is 10.8. The van der Waals surface area contributed by atoms with Crippen molar-refractivity contribution in [1.29, 1.82) is 0 Å². The molecular weight excluding hydrogens is 208 g/mol. The third-order valence-electron chi connectivity index (χ3n) is 2.43. The van der Waals surface area contributed by atoms with Gasteiger partial charge in [-0.05, 0) is 18.2 Å². The van der Waals surface area contributed by atoms with E-state index in [1.165, 1.54) is 12.1 Å². The summed E-state index contributed by atoms with van der Waals surface area (Å²) in [5.74, 6) is 0.149. The lowest BCUT2D eigenvalue weighted by Crippen LogP contribution is -2.26. The zero-order chi connectivity index (χ0) is 11.8. The second-order valence-corrected chi connectivity index (χ2v) is 4.71. The Labute approximate surface area is 93.8 Å². The monoisotopic (exact) mass is 222 g/mol. The van der Waals surface area contributed by atoms with Gasteiger partial charge >= 0.3 is 5.97 Å². The van der Waals surface area contributed by atoms with Crippen molar-refractivity contribution in [3.05, 3.63) is 23.8 Å². The molecule has 1 heterocycles. The average Bonchev–Trinajstić information content (AvgIpc) is 2.38. The number of hydrogen-bond donors (Lipinski definition) is 1. The fourth-order valence-corrected chi connectivity index (χ4v) is 1.46. The number of carbonyl (C=O) groups is 1. The predicted molar refractivity (Wildman–Crippen MR) is 58.2 cm³/mol. The van der Waals surface area contributed by atoms with Gasteiger partial charge in [-0.2, -0.15) is 0 Å². The van der Waals surface area contributed by atoms with E-state index >= 15 is 0 Å². The number of rotatable bonds is 1. The lowest BCUT2D eigenvalue weighted by atomic mass is 9.97. The third-order valence-corrected chi connectivity index (χ3v) is 2.43. The van der Waals surface area contributed by atoms with E-state index in [-0.39, 0.29) is 11.0 Å². The van der Waals surface area contributed by atoms with Crippen LogP contribution in [0.4, 0.5) is 0 Å². The van der Waals surface area contributed by atoms with Gasteiger partial charge in [-0.1, -0.05) is 13.8 Å². The second kappa shape index (κ2) is 3.70. The van der Waals surface area contributed by atoms with E-state index in [4.69, 9.17) is 14.6 Å². The predicted octanol–water partition coefficient (Wildman–Crippen LogP) is 2.18. The van der Waals surface area contributed by atoms with Gasteiger partial charge in [0, 0.05) is 5.41 Å². The summed E-state index contributed by atoms with van der Waals surface area (Å²) in [7, 11) is 0. The number of carboxylic acid groups (broad SMARTS) is 1. The molecule has 16 heavy (non-hydrogen) atoms. The van der Waals surface area contributed by atoms with Gasteiger partial charge in [0.25, 0.3) is 0 Å². The van der Waals surface area contributed by atoms with E-state index in [0.717, 1.165) is 0 Å². The van der Waals surface area contributed by atoms with Crippen LogP contribution in [-0.4, -0.2) is 24.3 Å². The van der Waals surface area contributed by atoms with Crippen LogP contribution in [-0.2, 0) is 0 Å². The first-order chi connectivity index (χ1) is 7.48. The summed E-state index contributed by atoms with van der Waals surface area (Å²) in [6, 6.07) is 4.65. The van der Waals surface area contributed by atoms with Crippen molar-refractivity contribution in [3.63, 3.8) is 0 Å². The minimum atomic E-state index is -0.963. The minimum Gasteiger partial charge on any atom is -0.489 e. The highest BCUT2D eigenvalue weighted by atomic mass is 16.5. The van der Waals surface area contributed by atoms with Gasteiger partial charge in [-0.25, -0.2) is 4.79 Å². The molecule has 0 fully saturated rings. The first-order valence-electron chi connectivity index (χ1n) is 5.11. The van der Waals surface area contributed by atoms with Crippen LogP contribution < -0.4 is 9.47 Å². The molecule has 0 spiro atoms. The van der Waals surface area contributed by atoms with Gasteiger partial charge < -0.3 is 14.6 Å². The molecule has 0 unspecified atom stereocenters. The molecule has 4 nitrogen and oxygen atoms in total. The molecule has 1 aliphatic heterocycles. The first-order valence-corrected chi connectivity index (χ1v) is 5.11. The van der Waals surface area contributed by atoms with Crippen LogP contribution in [0.3, 0.4) is 0 Å². The Kier molecular flexibility index (Phi) is 2.50. The van der Waals surface area contributed by atoms with E-state index in [0.29, 0.717) is 24.7 Å². The number of fused-ring (bicyclic) bond motifs is 1. The molecule has 1 N–H and O–H groups in total. The van der Waals surface area contributed by atoms with Crippen LogP contribution in [0, 0.1) is 5.41 Å². The quantitative estimate of drug-likeness (QED) is 0.791. The molecule has 0 bridgehead atoms. The topological polar surface area (TPSA) is 55.8 Å². The highest BCUT2D eigenvalue weighted by Gasteiger charge is 2.25. The summed E-state index contributed by atoms with van der Waals surface area (Å²) in [5.41, 5.74) is 0.143. The van der Waals surface area contributed by atoms with Crippen LogP contribution in [0.5, 0.6) is 11.5 Å². The lowest BCUT2D eigenvalue weighted by molar-refractivity contribution is 0.0696. The van der Waals surface area contributed by atoms with Gasteiger partial charge in [0.2, 0.25) is 0 Å². The number of carboxylic acids is 1.